The molecule has 0 aromatic carbocycles. The van der Waals surface area contributed by atoms with Gasteiger partial charge >= 0.3 is 8.80 Å². The zero-order chi connectivity index (χ0) is 16.7. The van der Waals surface area contributed by atoms with Gasteiger partial charge in [-0.05, 0) is 33.6 Å². The Hall–Kier alpha value is 0.0969. The van der Waals surface area contributed by atoms with Crippen molar-refractivity contribution in [3.63, 3.8) is 0 Å². The lowest BCUT2D eigenvalue weighted by molar-refractivity contribution is 0.0344. The van der Waals surface area contributed by atoms with Crippen LogP contribution in [-0.4, -0.2) is 28.1 Å². The first-order valence-electron chi connectivity index (χ1n) is 9.59. The maximum absolute atomic E-state index is 6.34. The Morgan fingerprint density at radius 3 is 1.82 bits per heavy atom. The smallest absolute Gasteiger partial charge is 0.374 e. The van der Waals surface area contributed by atoms with Gasteiger partial charge in [0.05, 0.1) is 0 Å². The minimum atomic E-state index is -2.48. The van der Waals surface area contributed by atoms with Gasteiger partial charge in [-0.1, -0.05) is 58.8 Å². The zero-order valence-corrected chi connectivity index (χ0v) is 16.8. The van der Waals surface area contributed by atoms with E-state index in [0.29, 0.717) is 13.2 Å². The van der Waals surface area contributed by atoms with Crippen LogP contribution in [-0.2, 0) is 13.3 Å². The highest BCUT2D eigenvalue weighted by atomic mass is 28.4. The predicted octanol–water partition coefficient (Wildman–Crippen LogP) is 5.95. The van der Waals surface area contributed by atoms with E-state index in [1.165, 1.54) is 44.9 Å². The van der Waals surface area contributed by atoms with Crippen LogP contribution >= 0.6 is 0 Å². The van der Waals surface area contributed by atoms with Crippen molar-refractivity contribution < 1.29 is 13.3 Å². The van der Waals surface area contributed by atoms with Crippen LogP contribution in [0.3, 0.4) is 0 Å². The minimum Gasteiger partial charge on any atom is -0.374 e. The van der Waals surface area contributed by atoms with Crippen molar-refractivity contribution in [1.29, 1.82) is 0 Å². The van der Waals surface area contributed by atoms with E-state index in [4.69, 9.17) is 13.3 Å². The lowest BCUT2D eigenvalue weighted by Gasteiger charge is -2.32. The molecule has 1 atom stereocenters. The average molecular weight is 333 g/mol. The molecule has 0 aromatic rings. The summed E-state index contributed by atoms with van der Waals surface area (Å²) in [6.07, 6.45) is 11.5. The summed E-state index contributed by atoms with van der Waals surface area (Å²) in [7, 11) is -2.48. The van der Waals surface area contributed by atoms with Crippen molar-refractivity contribution in [2.45, 2.75) is 105 Å². The van der Waals surface area contributed by atoms with Crippen LogP contribution in [0.2, 0.25) is 6.04 Å². The van der Waals surface area contributed by atoms with Crippen LogP contribution < -0.4 is 0 Å². The fraction of sp³-hybridized carbons (Fsp3) is 1.00. The molecule has 0 rings (SSSR count). The lowest BCUT2D eigenvalue weighted by atomic mass is 10.1. The summed E-state index contributed by atoms with van der Waals surface area (Å²) in [5, 5.41) is 0. The van der Waals surface area contributed by atoms with Gasteiger partial charge in [0, 0.05) is 25.4 Å². The van der Waals surface area contributed by atoms with E-state index in [1.807, 2.05) is 13.8 Å². The highest BCUT2D eigenvalue weighted by molar-refractivity contribution is 6.60. The second-order valence-corrected chi connectivity index (χ2v) is 8.82. The van der Waals surface area contributed by atoms with Gasteiger partial charge in [0.1, 0.15) is 0 Å². The Bertz CT molecular complexity index is 230. The van der Waals surface area contributed by atoms with Crippen LogP contribution in [0.15, 0.2) is 0 Å². The van der Waals surface area contributed by atoms with E-state index in [-0.39, 0.29) is 6.10 Å². The molecule has 4 heteroatoms. The molecule has 0 amide bonds. The largest absolute Gasteiger partial charge is 0.501 e. The number of hydrogen-bond acceptors (Lipinski definition) is 3. The van der Waals surface area contributed by atoms with Gasteiger partial charge in [-0.3, -0.25) is 0 Å². The minimum absolute atomic E-state index is 0.241. The Morgan fingerprint density at radius 2 is 1.27 bits per heavy atom. The molecule has 0 aromatic heterocycles. The van der Waals surface area contributed by atoms with Crippen LogP contribution in [0.5, 0.6) is 0 Å². The SMILES string of the molecule is CCCCCCCC[Si](OCC)(OCC)OC(C)CCCC. The second kappa shape index (κ2) is 14.7. The summed E-state index contributed by atoms with van der Waals surface area (Å²) in [4.78, 5) is 0. The number of hydrogen-bond donors (Lipinski definition) is 0. The van der Waals surface area contributed by atoms with E-state index in [1.54, 1.807) is 0 Å². The van der Waals surface area contributed by atoms with Crippen LogP contribution in [0.4, 0.5) is 0 Å². The number of unbranched alkanes of at least 4 members (excludes halogenated alkanes) is 6. The van der Waals surface area contributed by atoms with Crippen molar-refractivity contribution >= 4 is 8.80 Å². The molecular formula is C18H40O3Si. The molecule has 0 saturated heterocycles. The maximum Gasteiger partial charge on any atom is 0.501 e. The third kappa shape index (κ3) is 10.8. The van der Waals surface area contributed by atoms with Gasteiger partial charge < -0.3 is 13.3 Å². The quantitative estimate of drug-likeness (QED) is 0.258. The third-order valence-corrected chi connectivity index (χ3v) is 7.09. The first-order chi connectivity index (χ1) is 10.6. The van der Waals surface area contributed by atoms with Gasteiger partial charge in [-0.25, -0.2) is 0 Å². The van der Waals surface area contributed by atoms with Crippen LogP contribution in [0.25, 0.3) is 0 Å². The molecule has 22 heavy (non-hydrogen) atoms. The lowest BCUT2D eigenvalue weighted by Crippen LogP contribution is -2.48. The topological polar surface area (TPSA) is 27.7 Å². The van der Waals surface area contributed by atoms with Gasteiger partial charge in [0.15, 0.2) is 0 Å². The van der Waals surface area contributed by atoms with Gasteiger partial charge in [0.25, 0.3) is 0 Å². The standard InChI is InChI=1S/C18H40O3Si/c1-6-10-12-13-14-15-17-22(19-8-3,20-9-4)21-18(5)16-11-7-2/h18H,6-17H2,1-5H3. The summed E-state index contributed by atoms with van der Waals surface area (Å²) in [6, 6.07) is 0.970. The fourth-order valence-electron chi connectivity index (χ4n) is 2.73. The van der Waals surface area contributed by atoms with Crippen molar-refractivity contribution in [1.82, 2.24) is 0 Å². The molecule has 0 fully saturated rings. The van der Waals surface area contributed by atoms with E-state index in [9.17, 15) is 0 Å². The summed E-state index contributed by atoms with van der Waals surface area (Å²) in [5.74, 6) is 0. The zero-order valence-electron chi connectivity index (χ0n) is 15.8. The van der Waals surface area contributed by atoms with Crippen molar-refractivity contribution in [3.05, 3.63) is 0 Å². The molecule has 0 spiro atoms. The maximum atomic E-state index is 6.34. The Balaban J connectivity index is 4.36. The molecule has 0 aliphatic heterocycles. The molecule has 0 heterocycles. The molecule has 134 valence electrons. The van der Waals surface area contributed by atoms with E-state index >= 15 is 0 Å². The highest BCUT2D eigenvalue weighted by Gasteiger charge is 2.41. The molecule has 0 aliphatic carbocycles. The summed E-state index contributed by atoms with van der Waals surface area (Å²) in [5.41, 5.74) is 0. The molecule has 0 saturated carbocycles. The predicted molar refractivity (Wildman–Crippen MR) is 97.3 cm³/mol. The Kier molecular flexibility index (Phi) is 14.7. The van der Waals surface area contributed by atoms with E-state index in [2.05, 4.69) is 20.8 Å². The molecule has 0 bridgehead atoms. The van der Waals surface area contributed by atoms with Crippen molar-refractivity contribution in [3.8, 4) is 0 Å². The summed E-state index contributed by atoms with van der Waals surface area (Å²) < 4.78 is 18.4. The first-order valence-corrected chi connectivity index (χ1v) is 11.5. The molecule has 3 nitrogen and oxygen atoms in total. The van der Waals surface area contributed by atoms with Gasteiger partial charge in [-0.15, -0.1) is 0 Å². The molecule has 0 aliphatic rings. The average Bonchev–Trinajstić information content (AvgIpc) is 2.49. The summed E-state index contributed by atoms with van der Waals surface area (Å²) in [6.45, 7) is 12.1. The van der Waals surface area contributed by atoms with E-state index in [0.717, 1.165) is 18.9 Å². The Labute approximate surface area is 140 Å². The van der Waals surface area contributed by atoms with Gasteiger partial charge in [0.2, 0.25) is 0 Å². The van der Waals surface area contributed by atoms with Crippen LogP contribution in [0, 0.1) is 0 Å². The number of rotatable bonds is 16. The van der Waals surface area contributed by atoms with Gasteiger partial charge in [-0.2, -0.15) is 0 Å². The highest BCUT2D eigenvalue weighted by Crippen LogP contribution is 2.23. The molecular weight excluding hydrogens is 292 g/mol. The third-order valence-electron chi connectivity index (χ3n) is 3.91. The molecule has 0 radical (unpaired) electrons. The van der Waals surface area contributed by atoms with Crippen LogP contribution in [0.1, 0.15) is 92.4 Å². The molecule has 1 unspecified atom stereocenters. The Morgan fingerprint density at radius 1 is 0.727 bits per heavy atom. The van der Waals surface area contributed by atoms with Crippen molar-refractivity contribution in [2.75, 3.05) is 13.2 Å². The summed E-state index contributed by atoms with van der Waals surface area (Å²) >= 11 is 0. The fourth-order valence-corrected chi connectivity index (χ4v) is 5.65. The second-order valence-electron chi connectivity index (χ2n) is 6.14. The normalized spacial score (nSPS) is 13.5. The van der Waals surface area contributed by atoms with Crippen molar-refractivity contribution in [2.24, 2.45) is 0 Å². The first kappa shape index (κ1) is 22.1. The van der Waals surface area contributed by atoms with E-state index < -0.39 is 8.80 Å². The monoisotopic (exact) mass is 332 g/mol. The molecule has 0 N–H and O–H groups in total.